The average Bonchev–Trinajstić information content (AvgIpc) is 3.44. The number of ether oxygens (including phenoxy) is 3. The lowest BCUT2D eigenvalue weighted by Crippen LogP contribution is -2.30. The first-order chi connectivity index (χ1) is 38.5. The van der Waals surface area contributed by atoms with Crippen LogP contribution >= 0.6 is 0 Å². The van der Waals surface area contributed by atoms with Crippen LogP contribution in [0.3, 0.4) is 0 Å². The number of carbonyl (C=O) groups excluding carboxylic acids is 3. The number of unbranched alkanes of at least 4 members (excludes halogenated alkanes) is 21. The van der Waals surface area contributed by atoms with Gasteiger partial charge in [0.15, 0.2) is 6.10 Å². The van der Waals surface area contributed by atoms with Crippen molar-refractivity contribution in [2.24, 2.45) is 0 Å². The Balaban J connectivity index is 4.30. The second-order valence-electron chi connectivity index (χ2n) is 20.5. The van der Waals surface area contributed by atoms with Gasteiger partial charge in [0.25, 0.3) is 0 Å². The van der Waals surface area contributed by atoms with Crippen molar-refractivity contribution in [3.8, 4) is 0 Å². The Morgan fingerprint density at radius 2 is 0.500 bits per heavy atom. The molecule has 0 aliphatic rings. The van der Waals surface area contributed by atoms with E-state index in [1.807, 2.05) is 0 Å². The van der Waals surface area contributed by atoms with Gasteiger partial charge in [-0.3, -0.25) is 14.4 Å². The summed E-state index contributed by atoms with van der Waals surface area (Å²) < 4.78 is 16.9. The first-order valence-electron chi connectivity index (χ1n) is 31.8. The molecule has 0 aliphatic heterocycles. The quantitative estimate of drug-likeness (QED) is 0.0261. The molecule has 0 bridgehead atoms. The van der Waals surface area contributed by atoms with Gasteiger partial charge in [-0.25, -0.2) is 0 Å². The second kappa shape index (κ2) is 64.8. The maximum atomic E-state index is 12.9. The van der Waals surface area contributed by atoms with Crippen LogP contribution in [0.2, 0.25) is 0 Å². The van der Waals surface area contributed by atoms with Crippen LogP contribution in [0.4, 0.5) is 0 Å². The Morgan fingerprint density at radius 3 is 0.795 bits per heavy atom. The minimum absolute atomic E-state index is 0.0955. The first kappa shape index (κ1) is 73.3. The highest BCUT2D eigenvalue weighted by Gasteiger charge is 2.19. The summed E-state index contributed by atoms with van der Waals surface area (Å²) in [4.78, 5) is 38.2. The molecule has 0 heterocycles. The summed E-state index contributed by atoms with van der Waals surface area (Å²) >= 11 is 0. The largest absolute Gasteiger partial charge is 0.462 e. The van der Waals surface area contributed by atoms with E-state index < -0.39 is 6.10 Å². The summed E-state index contributed by atoms with van der Waals surface area (Å²) in [5, 5.41) is 0. The van der Waals surface area contributed by atoms with Crippen molar-refractivity contribution in [1.82, 2.24) is 0 Å². The molecule has 78 heavy (non-hydrogen) atoms. The van der Waals surface area contributed by atoms with E-state index in [1.165, 1.54) is 64.2 Å². The SMILES string of the molecule is CC/C=C\C/C=C\C/C=C\C/C=C\C/C=C\C/C=C\CCCCCCCCCCCCC(=O)OCC(COC(=O)CCCCCCC/C=C\CCC)OC(=O)CCCCCCC/C=C\C/C=C\C/C=C\C/C=C\C/C=C\CC. The van der Waals surface area contributed by atoms with E-state index >= 15 is 0 Å². The number of hydrogen-bond donors (Lipinski definition) is 0. The monoisotopic (exact) mass is 1080 g/mol. The molecule has 0 aromatic heterocycles. The van der Waals surface area contributed by atoms with Crippen molar-refractivity contribution in [3.63, 3.8) is 0 Å². The standard InChI is InChI=1S/C72H116O6/c1-4-7-10-13-16-19-22-24-26-28-30-32-33-34-35-36-37-38-39-41-42-44-46-48-50-53-56-59-62-65-71(74)77-68-69(67-76-70(73)64-61-58-55-52-21-18-15-12-9-6-3)78-72(75)66-63-60-57-54-51-49-47-45-43-40-31-29-27-25-23-20-17-14-11-8-5-2/h7-8,10-12,15-17,19-20,24-27,30-32,34-35,37-38,40,45,47,69H,4-6,9,13-14,18,21-23,28-29,33,36,39,41-44,46,48-68H2,1-3H3/b10-7-,11-8-,15-12-,19-16-,20-17-,26-24-,27-25-,32-30-,35-34-,38-37-,40-31-,47-45-. The fourth-order valence-corrected chi connectivity index (χ4v) is 8.36. The van der Waals surface area contributed by atoms with Gasteiger partial charge in [0.1, 0.15) is 13.2 Å². The first-order valence-corrected chi connectivity index (χ1v) is 31.8. The minimum Gasteiger partial charge on any atom is -0.462 e. The molecule has 0 rings (SSSR count). The lowest BCUT2D eigenvalue weighted by Gasteiger charge is -2.18. The van der Waals surface area contributed by atoms with Crippen molar-refractivity contribution < 1.29 is 28.6 Å². The number of carbonyl (C=O) groups is 3. The van der Waals surface area contributed by atoms with E-state index in [9.17, 15) is 14.4 Å². The van der Waals surface area contributed by atoms with Gasteiger partial charge in [-0.1, -0.05) is 263 Å². The highest BCUT2D eigenvalue weighted by Crippen LogP contribution is 2.15. The molecule has 0 amide bonds. The number of allylic oxidation sites excluding steroid dienone is 24. The molecule has 0 saturated heterocycles. The predicted octanol–water partition coefficient (Wildman–Crippen LogP) is 21.9. The highest BCUT2D eigenvalue weighted by molar-refractivity contribution is 5.71. The third-order valence-electron chi connectivity index (χ3n) is 13.0. The van der Waals surface area contributed by atoms with E-state index in [4.69, 9.17) is 14.2 Å². The van der Waals surface area contributed by atoms with Crippen molar-refractivity contribution in [3.05, 3.63) is 146 Å². The maximum absolute atomic E-state index is 12.9. The zero-order valence-corrected chi connectivity index (χ0v) is 50.4. The van der Waals surface area contributed by atoms with Crippen LogP contribution in [0, 0.1) is 0 Å². The lowest BCUT2D eigenvalue weighted by molar-refractivity contribution is -0.167. The summed E-state index contributed by atoms with van der Waals surface area (Å²) in [6.45, 7) is 6.32. The van der Waals surface area contributed by atoms with Gasteiger partial charge in [0.2, 0.25) is 0 Å². The Hall–Kier alpha value is -4.71. The Labute approximate surface area is 480 Å². The minimum atomic E-state index is -0.800. The predicted molar refractivity (Wildman–Crippen MR) is 339 cm³/mol. The highest BCUT2D eigenvalue weighted by atomic mass is 16.6. The Bertz CT molecular complexity index is 1710. The van der Waals surface area contributed by atoms with Gasteiger partial charge in [0, 0.05) is 19.3 Å². The van der Waals surface area contributed by atoms with E-state index in [-0.39, 0.29) is 31.1 Å². The summed E-state index contributed by atoms with van der Waals surface area (Å²) in [6.07, 6.45) is 92.9. The van der Waals surface area contributed by atoms with E-state index in [0.29, 0.717) is 19.3 Å². The van der Waals surface area contributed by atoms with Gasteiger partial charge in [0.05, 0.1) is 0 Å². The normalized spacial score (nSPS) is 13.1. The summed E-state index contributed by atoms with van der Waals surface area (Å²) in [7, 11) is 0. The van der Waals surface area contributed by atoms with Crippen molar-refractivity contribution in [1.29, 1.82) is 0 Å². The van der Waals surface area contributed by atoms with E-state index in [1.54, 1.807) is 0 Å². The number of hydrogen-bond acceptors (Lipinski definition) is 6. The van der Waals surface area contributed by atoms with Gasteiger partial charge in [-0.2, -0.15) is 0 Å². The molecule has 0 aliphatic carbocycles. The van der Waals surface area contributed by atoms with Crippen LogP contribution in [0.15, 0.2) is 146 Å². The maximum Gasteiger partial charge on any atom is 0.306 e. The molecule has 440 valence electrons. The fourth-order valence-electron chi connectivity index (χ4n) is 8.36. The molecule has 1 unspecified atom stereocenters. The second-order valence-corrected chi connectivity index (χ2v) is 20.5. The zero-order chi connectivity index (χ0) is 56.4. The molecule has 0 fully saturated rings. The number of esters is 3. The molecule has 6 nitrogen and oxygen atoms in total. The van der Waals surface area contributed by atoms with E-state index in [0.717, 1.165) is 167 Å². The zero-order valence-electron chi connectivity index (χ0n) is 50.4. The molecule has 0 aromatic carbocycles. The van der Waals surface area contributed by atoms with Crippen molar-refractivity contribution >= 4 is 17.9 Å². The van der Waals surface area contributed by atoms with Gasteiger partial charge < -0.3 is 14.2 Å². The molecule has 0 saturated carbocycles. The average molecular weight is 1080 g/mol. The molecule has 0 aromatic rings. The topological polar surface area (TPSA) is 78.9 Å². The van der Waals surface area contributed by atoms with Crippen LogP contribution in [0.25, 0.3) is 0 Å². The Morgan fingerprint density at radius 1 is 0.269 bits per heavy atom. The van der Waals surface area contributed by atoms with Crippen LogP contribution in [0.5, 0.6) is 0 Å². The molecule has 0 radical (unpaired) electrons. The third kappa shape index (κ3) is 62.1. The lowest BCUT2D eigenvalue weighted by atomic mass is 10.1. The van der Waals surface area contributed by atoms with Crippen LogP contribution < -0.4 is 0 Å². The molecule has 0 spiro atoms. The van der Waals surface area contributed by atoms with E-state index in [2.05, 4.69) is 167 Å². The van der Waals surface area contributed by atoms with Crippen molar-refractivity contribution in [2.45, 2.75) is 277 Å². The molecular weight excluding hydrogens is 961 g/mol. The smallest absolute Gasteiger partial charge is 0.306 e. The van der Waals surface area contributed by atoms with Crippen LogP contribution in [0.1, 0.15) is 271 Å². The van der Waals surface area contributed by atoms with Crippen LogP contribution in [-0.4, -0.2) is 37.2 Å². The summed E-state index contributed by atoms with van der Waals surface area (Å²) in [5.41, 5.74) is 0. The van der Waals surface area contributed by atoms with Crippen LogP contribution in [-0.2, 0) is 28.6 Å². The summed E-state index contributed by atoms with van der Waals surface area (Å²) in [6, 6.07) is 0. The van der Waals surface area contributed by atoms with Gasteiger partial charge in [-0.15, -0.1) is 0 Å². The number of rotatable bonds is 56. The summed E-state index contributed by atoms with van der Waals surface area (Å²) in [5.74, 6) is -0.931. The molecular formula is C72H116O6. The molecule has 6 heteroatoms. The third-order valence-corrected chi connectivity index (χ3v) is 13.0. The van der Waals surface area contributed by atoms with Gasteiger partial charge >= 0.3 is 17.9 Å². The molecule has 1 atom stereocenters. The fraction of sp³-hybridized carbons (Fsp3) is 0.625. The Kier molecular flexibility index (Phi) is 60.9. The van der Waals surface area contributed by atoms with Crippen molar-refractivity contribution in [2.75, 3.05) is 13.2 Å². The molecule has 0 N–H and O–H groups in total. The van der Waals surface area contributed by atoms with Gasteiger partial charge in [-0.05, 0) is 135 Å².